The minimum absolute atomic E-state index is 0.0122. The van der Waals surface area contributed by atoms with Crippen LogP contribution in [0.1, 0.15) is 41.1 Å². The molecule has 7 heteroatoms. The first-order valence-electron chi connectivity index (χ1n) is 7.44. The highest BCUT2D eigenvalue weighted by molar-refractivity contribution is 6.31. The van der Waals surface area contributed by atoms with Crippen molar-refractivity contribution in [3.8, 4) is 0 Å². The van der Waals surface area contributed by atoms with Crippen LogP contribution in [0.4, 0.5) is 10.1 Å². The van der Waals surface area contributed by atoms with E-state index >= 15 is 0 Å². The van der Waals surface area contributed by atoms with Crippen LogP contribution in [0.25, 0.3) is 0 Å². The van der Waals surface area contributed by atoms with Gasteiger partial charge < -0.3 is 10.6 Å². The van der Waals surface area contributed by atoms with Crippen LogP contribution in [0.15, 0.2) is 36.5 Å². The SMILES string of the molecule is CCC(C)NC(=O)c1cc(C(=O)Nc2ccc(F)c(Cl)c2)ccn1. The molecule has 0 aliphatic rings. The first-order valence-corrected chi connectivity index (χ1v) is 7.81. The number of anilines is 1. The van der Waals surface area contributed by atoms with Gasteiger partial charge in [0.05, 0.1) is 5.02 Å². The molecule has 126 valence electrons. The average Bonchev–Trinajstić information content (AvgIpc) is 2.58. The molecule has 1 heterocycles. The first kappa shape index (κ1) is 17.9. The summed E-state index contributed by atoms with van der Waals surface area (Å²) in [5.41, 5.74) is 0.772. The zero-order valence-corrected chi connectivity index (χ0v) is 14.0. The summed E-state index contributed by atoms with van der Waals surface area (Å²) in [6.07, 6.45) is 2.18. The van der Waals surface area contributed by atoms with Crippen LogP contribution in [0.2, 0.25) is 5.02 Å². The van der Waals surface area contributed by atoms with Crippen molar-refractivity contribution < 1.29 is 14.0 Å². The number of hydrogen-bond acceptors (Lipinski definition) is 3. The number of carbonyl (C=O) groups excluding carboxylic acids is 2. The largest absolute Gasteiger partial charge is 0.348 e. The molecule has 0 aliphatic carbocycles. The maximum Gasteiger partial charge on any atom is 0.270 e. The van der Waals surface area contributed by atoms with Gasteiger partial charge in [0.2, 0.25) is 0 Å². The Kier molecular flexibility index (Phi) is 5.87. The molecule has 2 aromatic rings. The molecule has 1 atom stereocenters. The van der Waals surface area contributed by atoms with Crippen molar-refractivity contribution in [2.75, 3.05) is 5.32 Å². The van der Waals surface area contributed by atoms with Crippen molar-refractivity contribution in [3.63, 3.8) is 0 Å². The maximum atomic E-state index is 13.1. The quantitative estimate of drug-likeness (QED) is 0.865. The molecular formula is C17H17ClFN3O2. The zero-order chi connectivity index (χ0) is 17.7. The lowest BCUT2D eigenvalue weighted by molar-refractivity contribution is 0.0934. The molecule has 0 saturated carbocycles. The number of hydrogen-bond donors (Lipinski definition) is 2. The summed E-state index contributed by atoms with van der Waals surface area (Å²) in [6, 6.07) is 6.77. The lowest BCUT2D eigenvalue weighted by atomic mass is 10.2. The number of amides is 2. The van der Waals surface area contributed by atoms with Gasteiger partial charge >= 0.3 is 0 Å². The van der Waals surface area contributed by atoms with Crippen LogP contribution in [0.5, 0.6) is 0 Å². The Hall–Kier alpha value is -2.47. The fourth-order valence-electron chi connectivity index (χ4n) is 1.87. The molecule has 1 unspecified atom stereocenters. The Labute approximate surface area is 144 Å². The number of rotatable bonds is 5. The van der Waals surface area contributed by atoms with Gasteiger partial charge in [-0.3, -0.25) is 14.6 Å². The van der Waals surface area contributed by atoms with E-state index in [2.05, 4.69) is 15.6 Å². The highest BCUT2D eigenvalue weighted by Crippen LogP contribution is 2.20. The van der Waals surface area contributed by atoms with Crippen LogP contribution < -0.4 is 10.6 Å². The molecular weight excluding hydrogens is 333 g/mol. The monoisotopic (exact) mass is 349 g/mol. The zero-order valence-electron chi connectivity index (χ0n) is 13.3. The number of nitrogens with one attached hydrogen (secondary N) is 2. The number of halogens is 2. The summed E-state index contributed by atoms with van der Waals surface area (Å²) in [5.74, 6) is -1.36. The van der Waals surface area contributed by atoms with Gasteiger partial charge in [-0.2, -0.15) is 0 Å². The van der Waals surface area contributed by atoms with Crippen molar-refractivity contribution in [1.82, 2.24) is 10.3 Å². The molecule has 0 aliphatic heterocycles. The van der Waals surface area contributed by atoms with Crippen molar-refractivity contribution >= 4 is 29.1 Å². The molecule has 1 aromatic heterocycles. The number of nitrogens with zero attached hydrogens (tertiary/aromatic N) is 1. The molecule has 0 radical (unpaired) electrons. The van der Waals surface area contributed by atoms with Crippen molar-refractivity contribution in [3.05, 3.63) is 58.6 Å². The predicted molar refractivity (Wildman–Crippen MR) is 90.8 cm³/mol. The van der Waals surface area contributed by atoms with E-state index in [4.69, 9.17) is 11.6 Å². The van der Waals surface area contributed by atoms with Gasteiger partial charge in [-0.05, 0) is 43.7 Å². The Morgan fingerprint density at radius 1 is 1.25 bits per heavy atom. The molecule has 2 amide bonds. The van der Waals surface area contributed by atoms with E-state index in [1.54, 1.807) is 0 Å². The summed E-state index contributed by atoms with van der Waals surface area (Å²) in [4.78, 5) is 28.3. The second-order valence-corrected chi connectivity index (χ2v) is 5.70. The van der Waals surface area contributed by atoms with E-state index in [9.17, 15) is 14.0 Å². The molecule has 2 rings (SSSR count). The van der Waals surface area contributed by atoms with Gasteiger partial charge in [0.25, 0.3) is 11.8 Å². The fourth-order valence-corrected chi connectivity index (χ4v) is 2.05. The van der Waals surface area contributed by atoms with Crippen LogP contribution in [-0.2, 0) is 0 Å². The van der Waals surface area contributed by atoms with Gasteiger partial charge in [-0.15, -0.1) is 0 Å². The van der Waals surface area contributed by atoms with E-state index in [-0.39, 0.29) is 28.2 Å². The van der Waals surface area contributed by atoms with Crippen molar-refractivity contribution in [2.24, 2.45) is 0 Å². The Balaban J connectivity index is 2.13. The van der Waals surface area contributed by atoms with Crippen LogP contribution in [-0.4, -0.2) is 22.8 Å². The first-order chi connectivity index (χ1) is 11.4. The van der Waals surface area contributed by atoms with Crippen LogP contribution in [0.3, 0.4) is 0 Å². The van der Waals surface area contributed by atoms with E-state index in [0.717, 1.165) is 12.5 Å². The summed E-state index contributed by atoms with van der Waals surface area (Å²) in [5, 5.41) is 5.29. The smallest absolute Gasteiger partial charge is 0.270 e. The lowest BCUT2D eigenvalue weighted by Crippen LogP contribution is -2.32. The van der Waals surface area contributed by atoms with Gasteiger partial charge in [0.15, 0.2) is 0 Å². The van der Waals surface area contributed by atoms with Crippen molar-refractivity contribution in [2.45, 2.75) is 26.3 Å². The summed E-state index contributed by atoms with van der Waals surface area (Å²) in [7, 11) is 0. The average molecular weight is 350 g/mol. The van der Waals surface area contributed by atoms with Crippen LogP contribution >= 0.6 is 11.6 Å². The molecule has 0 fully saturated rings. The molecule has 1 aromatic carbocycles. The Morgan fingerprint density at radius 3 is 2.67 bits per heavy atom. The minimum atomic E-state index is -0.567. The summed E-state index contributed by atoms with van der Waals surface area (Å²) in [6.45, 7) is 3.84. The van der Waals surface area contributed by atoms with E-state index in [0.29, 0.717) is 5.69 Å². The topological polar surface area (TPSA) is 71.1 Å². The molecule has 0 saturated heterocycles. The lowest BCUT2D eigenvalue weighted by Gasteiger charge is -2.11. The third-order valence-corrected chi connectivity index (χ3v) is 3.71. The van der Waals surface area contributed by atoms with Gasteiger partial charge in [0.1, 0.15) is 11.5 Å². The van der Waals surface area contributed by atoms with E-state index in [1.165, 1.54) is 30.5 Å². The molecule has 24 heavy (non-hydrogen) atoms. The van der Waals surface area contributed by atoms with Gasteiger partial charge in [0, 0.05) is 23.5 Å². The molecule has 0 bridgehead atoms. The number of benzene rings is 1. The Bertz CT molecular complexity index is 767. The standard InChI is InChI=1S/C17H17ClFN3O2/c1-3-10(2)21-17(24)15-8-11(6-7-20-15)16(23)22-12-4-5-14(19)13(18)9-12/h4-10H,3H2,1-2H3,(H,21,24)(H,22,23). The summed E-state index contributed by atoms with van der Waals surface area (Å²) < 4.78 is 13.1. The Morgan fingerprint density at radius 2 is 2.00 bits per heavy atom. The van der Waals surface area contributed by atoms with E-state index < -0.39 is 11.7 Å². The maximum absolute atomic E-state index is 13.1. The molecule has 5 nitrogen and oxygen atoms in total. The highest BCUT2D eigenvalue weighted by Gasteiger charge is 2.14. The van der Waals surface area contributed by atoms with Crippen LogP contribution in [0, 0.1) is 5.82 Å². The van der Waals surface area contributed by atoms with Gasteiger partial charge in [-0.1, -0.05) is 18.5 Å². The fraction of sp³-hybridized carbons (Fsp3) is 0.235. The number of carbonyl (C=O) groups is 2. The third-order valence-electron chi connectivity index (χ3n) is 3.42. The van der Waals surface area contributed by atoms with Crippen molar-refractivity contribution in [1.29, 1.82) is 0 Å². The highest BCUT2D eigenvalue weighted by atomic mass is 35.5. The number of pyridine rings is 1. The normalized spacial score (nSPS) is 11.7. The van der Waals surface area contributed by atoms with Gasteiger partial charge in [-0.25, -0.2) is 4.39 Å². The summed E-state index contributed by atoms with van der Waals surface area (Å²) >= 11 is 5.68. The number of aromatic nitrogens is 1. The predicted octanol–water partition coefficient (Wildman–Crippen LogP) is 3.65. The van der Waals surface area contributed by atoms with E-state index in [1.807, 2.05) is 13.8 Å². The molecule has 2 N–H and O–H groups in total. The third kappa shape index (κ3) is 4.52. The minimum Gasteiger partial charge on any atom is -0.348 e. The molecule has 0 spiro atoms. The second-order valence-electron chi connectivity index (χ2n) is 5.30. The second kappa shape index (κ2) is 7.88.